The number of pyridine rings is 4. The molecule has 0 aliphatic heterocycles. The largest absolute Gasteiger partial charge is 0.255 e. The van der Waals surface area contributed by atoms with Crippen LogP contribution in [-0.2, 0) is 0 Å². The number of nitrogens with zero attached hydrogens (tertiary/aromatic N) is 4. The summed E-state index contributed by atoms with van der Waals surface area (Å²) in [5.41, 5.74) is 13.1. The predicted molar refractivity (Wildman–Crippen MR) is 205 cm³/mol. The summed E-state index contributed by atoms with van der Waals surface area (Å²) >= 11 is 0. The summed E-state index contributed by atoms with van der Waals surface area (Å²) < 4.78 is 0. The Bertz CT molecular complexity index is 2560. The lowest BCUT2D eigenvalue weighted by Crippen LogP contribution is -1.94. The van der Waals surface area contributed by atoms with E-state index >= 15 is 0 Å². The van der Waals surface area contributed by atoms with Crippen molar-refractivity contribution in [2.45, 2.75) is 0 Å². The van der Waals surface area contributed by atoms with Gasteiger partial charge in [0.2, 0.25) is 0 Å². The lowest BCUT2D eigenvalue weighted by atomic mass is 9.92. The van der Waals surface area contributed by atoms with Gasteiger partial charge in [0.25, 0.3) is 0 Å². The van der Waals surface area contributed by atoms with Gasteiger partial charge in [-0.1, -0.05) is 115 Å². The second-order valence-corrected chi connectivity index (χ2v) is 12.3. The molecule has 4 nitrogen and oxygen atoms in total. The van der Waals surface area contributed by atoms with Crippen LogP contribution in [0, 0.1) is 0 Å². The molecule has 4 heterocycles. The molecule has 0 atom stereocenters. The van der Waals surface area contributed by atoms with Gasteiger partial charge in [0.05, 0.1) is 34.0 Å². The Labute approximate surface area is 290 Å². The second-order valence-electron chi connectivity index (χ2n) is 12.3. The van der Waals surface area contributed by atoms with E-state index < -0.39 is 0 Å². The topological polar surface area (TPSA) is 51.6 Å². The molecule has 4 heteroatoms. The highest BCUT2D eigenvalue weighted by molar-refractivity contribution is 6.14. The van der Waals surface area contributed by atoms with Crippen LogP contribution in [0.2, 0.25) is 0 Å². The molecule has 0 saturated carbocycles. The summed E-state index contributed by atoms with van der Waals surface area (Å²) in [6.45, 7) is 0. The lowest BCUT2D eigenvalue weighted by molar-refractivity contribution is 1.22. The summed E-state index contributed by atoms with van der Waals surface area (Å²) in [5, 5.41) is 3.57. The van der Waals surface area contributed by atoms with E-state index in [2.05, 4.69) is 137 Å². The Morgan fingerprint density at radius 1 is 0.320 bits per heavy atom. The third-order valence-corrected chi connectivity index (χ3v) is 9.17. The van der Waals surface area contributed by atoms with Gasteiger partial charge in [0, 0.05) is 23.3 Å². The first-order valence-electron chi connectivity index (χ1n) is 16.7. The maximum atomic E-state index is 5.14. The first-order chi connectivity index (χ1) is 24.8. The maximum absolute atomic E-state index is 5.14. The smallest absolute Gasteiger partial charge is 0.0900 e. The van der Waals surface area contributed by atoms with Crippen LogP contribution in [0.25, 0.3) is 89.1 Å². The molecular weight excluding hydrogens is 609 g/mol. The van der Waals surface area contributed by atoms with Gasteiger partial charge < -0.3 is 0 Å². The van der Waals surface area contributed by atoms with Gasteiger partial charge in [-0.3, -0.25) is 9.97 Å². The molecule has 9 aromatic rings. The Morgan fingerprint density at radius 2 is 0.940 bits per heavy atom. The third-order valence-electron chi connectivity index (χ3n) is 9.17. The average Bonchev–Trinajstić information content (AvgIpc) is 3.21. The SMILES string of the molecule is c1ccc(-c2cc(-c3cccc(-c4ccc(-c5cc(-c6ccccn6)nc(-c6ccccn6)c5)cc4)c3)c3c(ccc4ccccc43)n2)cc1. The first-order valence-corrected chi connectivity index (χ1v) is 16.7. The fraction of sp³-hybridized carbons (Fsp3) is 0. The van der Waals surface area contributed by atoms with Crippen molar-refractivity contribution in [3.8, 4) is 67.4 Å². The predicted octanol–water partition coefficient (Wildman–Crippen LogP) is 11.6. The molecule has 0 saturated heterocycles. The van der Waals surface area contributed by atoms with E-state index in [0.29, 0.717) is 0 Å². The highest BCUT2D eigenvalue weighted by atomic mass is 14.8. The van der Waals surface area contributed by atoms with Gasteiger partial charge in [0.1, 0.15) is 0 Å². The highest BCUT2D eigenvalue weighted by Crippen LogP contribution is 2.38. The van der Waals surface area contributed by atoms with Gasteiger partial charge in [-0.05, 0) is 98.8 Å². The molecule has 0 radical (unpaired) electrons. The van der Waals surface area contributed by atoms with E-state index in [0.717, 1.165) is 67.4 Å². The highest BCUT2D eigenvalue weighted by Gasteiger charge is 2.14. The van der Waals surface area contributed by atoms with E-state index in [1.807, 2.05) is 42.5 Å². The van der Waals surface area contributed by atoms with Crippen molar-refractivity contribution in [3.63, 3.8) is 0 Å². The minimum absolute atomic E-state index is 0.813. The van der Waals surface area contributed by atoms with Gasteiger partial charge >= 0.3 is 0 Å². The fourth-order valence-electron chi connectivity index (χ4n) is 6.70. The zero-order valence-corrected chi connectivity index (χ0v) is 27.1. The summed E-state index contributed by atoms with van der Waals surface area (Å²) in [7, 11) is 0. The zero-order chi connectivity index (χ0) is 33.3. The van der Waals surface area contributed by atoms with E-state index in [1.54, 1.807) is 12.4 Å². The summed E-state index contributed by atoms with van der Waals surface area (Å²) in [5.74, 6) is 0. The first kappa shape index (κ1) is 29.4. The van der Waals surface area contributed by atoms with Gasteiger partial charge in [-0.2, -0.15) is 0 Å². The number of hydrogen-bond acceptors (Lipinski definition) is 4. The molecule has 9 rings (SSSR count). The third kappa shape index (κ3) is 5.59. The summed E-state index contributed by atoms with van der Waals surface area (Å²) in [4.78, 5) is 19.2. The van der Waals surface area contributed by atoms with Crippen molar-refractivity contribution in [3.05, 3.63) is 182 Å². The monoisotopic (exact) mass is 638 g/mol. The minimum Gasteiger partial charge on any atom is -0.255 e. The molecule has 0 spiro atoms. The molecule has 0 aliphatic rings. The van der Waals surface area contributed by atoms with Crippen molar-refractivity contribution in [1.82, 2.24) is 19.9 Å². The molecule has 50 heavy (non-hydrogen) atoms. The minimum atomic E-state index is 0.813. The van der Waals surface area contributed by atoms with Gasteiger partial charge in [-0.15, -0.1) is 0 Å². The molecule has 234 valence electrons. The molecule has 0 aliphatic carbocycles. The zero-order valence-electron chi connectivity index (χ0n) is 27.1. The fourth-order valence-corrected chi connectivity index (χ4v) is 6.70. The Morgan fingerprint density at radius 3 is 1.64 bits per heavy atom. The van der Waals surface area contributed by atoms with E-state index in [1.165, 1.54) is 21.7 Å². The van der Waals surface area contributed by atoms with Crippen LogP contribution in [0.1, 0.15) is 0 Å². The Hall–Kier alpha value is -6.78. The molecule has 0 bridgehead atoms. The van der Waals surface area contributed by atoms with Crippen molar-refractivity contribution < 1.29 is 0 Å². The molecule has 0 amide bonds. The number of benzene rings is 5. The second kappa shape index (κ2) is 12.7. The summed E-state index contributed by atoms with van der Waals surface area (Å²) in [6, 6.07) is 59.2. The molecule has 0 fully saturated rings. The normalized spacial score (nSPS) is 11.2. The van der Waals surface area contributed by atoms with E-state index in [4.69, 9.17) is 9.97 Å². The van der Waals surface area contributed by atoms with Crippen LogP contribution in [-0.4, -0.2) is 19.9 Å². The van der Waals surface area contributed by atoms with Gasteiger partial charge in [-0.25, -0.2) is 9.97 Å². The van der Waals surface area contributed by atoms with E-state index in [-0.39, 0.29) is 0 Å². The van der Waals surface area contributed by atoms with Crippen LogP contribution in [0.4, 0.5) is 0 Å². The van der Waals surface area contributed by atoms with Crippen molar-refractivity contribution in [2.75, 3.05) is 0 Å². The van der Waals surface area contributed by atoms with Crippen LogP contribution in [0.3, 0.4) is 0 Å². The van der Waals surface area contributed by atoms with Crippen molar-refractivity contribution >= 4 is 21.7 Å². The van der Waals surface area contributed by atoms with Crippen LogP contribution in [0.5, 0.6) is 0 Å². The lowest BCUT2D eigenvalue weighted by Gasteiger charge is -2.14. The molecule has 0 N–H and O–H groups in total. The standard InChI is InChI=1S/C46H30N4/c1-2-12-34(13-3-1)43-30-39(46-38-16-5-4-11-33(38)23-24-42(46)49-43)36-15-10-14-35(27-36)31-19-21-32(22-20-31)37-28-44(40-17-6-8-25-47-40)50-45(29-37)41-18-7-9-26-48-41/h1-30H. The van der Waals surface area contributed by atoms with Crippen LogP contribution < -0.4 is 0 Å². The van der Waals surface area contributed by atoms with Crippen LogP contribution in [0.15, 0.2) is 182 Å². The number of rotatable bonds is 6. The number of hydrogen-bond donors (Lipinski definition) is 0. The average molecular weight is 639 g/mol. The number of aromatic nitrogens is 4. The molecule has 5 aromatic carbocycles. The number of fused-ring (bicyclic) bond motifs is 3. The summed E-state index contributed by atoms with van der Waals surface area (Å²) in [6.07, 6.45) is 3.60. The molecule has 4 aromatic heterocycles. The molecule has 0 unspecified atom stereocenters. The van der Waals surface area contributed by atoms with E-state index in [9.17, 15) is 0 Å². The van der Waals surface area contributed by atoms with Crippen molar-refractivity contribution in [1.29, 1.82) is 0 Å². The van der Waals surface area contributed by atoms with Gasteiger partial charge in [0.15, 0.2) is 0 Å². The van der Waals surface area contributed by atoms with Crippen LogP contribution >= 0.6 is 0 Å². The maximum Gasteiger partial charge on any atom is 0.0900 e. The Kier molecular flexibility index (Phi) is 7.45. The Balaban J connectivity index is 1.13. The molecular formula is C46H30N4. The quantitative estimate of drug-likeness (QED) is 0.170. The van der Waals surface area contributed by atoms with Crippen molar-refractivity contribution in [2.24, 2.45) is 0 Å².